The molecule has 1 fully saturated rings. The number of carbonyl (C=O) groups excluding carboxylic acids is 1. The zero-order chi connectivity index (χ0) is 13.5. The molecule has 2 rings (SSSR count). The molecule has 1 amide bonds. The molecule has 1 aliphatic rings. The Hall–Kier alpha value is -1.21. The first-order valence-corrected chi connectivity index (χ1v) is 7.03. The molecule has 8 heteroatoms. The van der Waals surface area contributed by atoms with Gasteiger partial charge in [0.05, 0.1) is 6.04 Å². The Morgan fingerprint density at radius 3 is 3.00 bits per heavy atom. The quantitative estimate of drug-likeness (QED) is 0.697. The van der Waals surface area contributed by atoms with Gasteiger partial charge in [-0.25, -0.2) is 0 Å². The monoisotopic (exact) mass is 302 g/mol. The number of tetrazole rings is 1. The third-order valence-electron chi connectivity index (χ3n) is 3.53. The van der Waals surface area contributed by atoms with E-state index in [1.807, 2.05) is 0 Å². The number of nitrogens with zero attached hydrogens (tertiary/aromatic N) is 3. The second-order valence-electron chi connectivity index (χ2n) is 5.08. The van der Waals surface area contributed by atoms with Crippen molar-refractivity contribution in [2.24, 2.45) is 5.92 Å². The highest BCUT2D eigenvalue weighted by Gasteiger charge is 2.20. The molecular weight excluding hydrogens is 280 g/mol. The summed E-state index contributed by atoms with van der Waals surface area (Å²) in [5.74, 6) is 1.29. The van der Waals surface area contributed by atoms with Crippen LogP contribution in [0, 0.1) is 5.92 Å². The van der Waals surface area contributed by atoms with Crippen LogP contribution in [0.3, 0.4) is 0 Å². The lowest BCUT2D eigenvalue weighted by Crippen LogP contribution is -2.29. The van der Waals surface area contributed by atoms with Crippen molar-refractivity contribution in [3.63, 3.8) is 0 Å². The molecule has 1 aromatic heterocycles. The molecule has 3 N–H and O–H groups in total. The lowest BCUT2D eigenvalue weighted by atomic mass is 10.0. The Kier molecular flexibility index (Phi) is 7.46. The van der Waals surface area contributed by atoms with E-state index in [9.17, 15) is 4.79 Å². The van der Waals surface area contributed by atoms with Gasteiger partial charge in [0.15, 0.2) is 5.82 Å². The van der Waals surface area contributed by atoms with Crippen LogP contribution in [-0.2, 0) is 4.79 Å². The highest BCUT2D eigenvalue weighted by molar-refractivity contribution is 5.85. The molecule has 1 aliphatic heterocycles. The maximum Gasteiger partial charge on any atom is 0.220 e. The second kappa shape index (κ2) is 8.86. The number of nitrogens with one attached hydrogen (secondary N) is 3. The van der Waals surface area contributed by atoms with Crippen LogP contribution in [0.15, 0.2) is 0 Å². The summed E-state index contributed by atoms with van der Waals surface area (Å²) in [7, 11) is 0. The predicted molar refractivity (Wildman–Crippen MR) is 77.4 cm³/mol. The third kappa shape index (κ3) is 5.05. The van der Waals surface area contributed by atoms with Gasteiger partial charge in [-0.3, -0.25) is 4.79 Å². The van der Waals surface area contributed by atoms with Crippen LogP contribution in [-0.4, -0.2) is 39.6 Å². The number of hydrogen-bond acceptors (Lipinski definition) is 5. The smallest absolute Gasteiger partial charge is 0.220 e. The lowest BCUT2D eigenvalue weighted by Gasteiger charge is -2.15. The molecule has 0 spiro atoms. The van der Waals surface area contributed by atoms with Gasteiger partial charge < -0.3 is 10.6 Å². The average molecular weight is 303 g/mol. The van der Waals surface area contributed by atoms with Crippen molar-refractivity contribution in [2.75, 3.05) is 13.1 Å². The number of hydrogen-bond donors (Lipinski definition) is 3. The molecule has 0 radical (unpaired) electrons. The molecule has 114 valence electrons. The van der Waals surface area contributed by atoms with E-state index in [2.05, 4.69) is 38.2 Å². The largest absolute Gasteiger partial charge is 0.346 e. The van der Waals surface area contributed by atoms with Crippen molar-refractivity contribution < 1.29 is 4.79 Å². The topological polar surface area (TPSA) is 95.6 Å². The van der Waals surface area contributed by atoms with Gasteiger partial charge in [0.25, 0.3) is 0 Å². The minimum Gasteiger partial charge on any atom is -0.346 e. The number of amides is 1. The minimum absolute atomic E-state index is 0. The van der Waals surface area contributed by atoms with Gasteiger partial charge in [-0.1, -0.05) is 18.6 Å². The first-order valence-electron chi connectivity index (χ1n) is 7.03. The SMILES string of the molecule is CCCC(NC(=O)CCC1CCNC1)c1nn[nH]n1.Cl. The van der Waals surface area contributed by atoms with Gasteiger partial charge in [0.1, 0.15) is 0 Å². The summed E-state index contributed by atoms with van der Waals surface area (Å²) in [5, 5.41) is 20.2. The van der Waals surface area contributed by atoms with E-state index in [4.69, 9.17) is 0 Å². The predicted octanol–water partition coefficient (Wildman–Crippen LogP) is 0.969. The van der Waals surface area contributed by atoms with Gasteiger partial charge in [-0.15, -0.1) is 22.6 Å². The molecule has 0 saturated carbocycles. The van der Waals surface area contributed by atoms with Crippen molar-refractivity contribution >= 4 is 18.3 Å². The van der Waals surface area contributed by atoms with E-state index in [-0.39, 0.29) is 24.4 Å². The number of aromatic nitrogens is 4. The summed E-state index contributed by atoms with van der Waals surface area (Å²) < 4.78 is 0. The molecular formula is C12H23ClN6O. The van der Waals surface area contributed by atoms with Crippen LogP contribution in [0.2, 0.25) is 0 Å². The molecule has 1 saturated heterocycles. The van der Waals surface area contributed by atoms with Crippen LogP contribution in [0.1, 0.15) is 50.9 Å². The van der Waals surface area contributed by atoms with Crippen molar-refractivity contribution in [3.8, 4) is 0 Å². The zero-order valence-electron chi connectivity index (χ0n) is 11.8. The fourth-order valence-electron chi connectivity index (χ4n) is 2.43. The molecule has 20 heavy (non-hydrogen) atoms. The van der Waals surface area contributed by atoms with Crippen LogP contribution < -0.4 is 10.6 Å². The second-order valence-corrected chi connectivity index (χ2v) is 5.08. The summed E-state index contributed by atoms with van der Waals surface area (Å²) in [4.78, 5) is 12.0. The Morgan fingerprint density at radius 1 is 1.55 bits per heavy atom. The highest BCUT2D eigenvalue weighted by atomic mass is 35.5. The van der Waals surface area contributed by atoms with Gasteiger partial charge in [0, 0.05) is 6.42 Å². The van der Waals surface area contributed by atoms with Crippen LogP contribution in [0.5, 0.6) is 0 Å². The molecule has 0 aromatic carbocycles. The Labute approximate surface area is 125 Å². The number of halogens is 1. The lowest BCUT2D eigenvalue weighted by molar-refractivity contribution is -0.122. The van der Waals surface area contributed by atoms with Crippen LogP contribution in [0.25, 0.3) is 0 Å². The third-order valence-corrected chi connectivity index (χ3v) is 3.53. The number of aromatic amines is 1. The molecule has 2 heterocycles. The number of carbonyl (C=O) groups is 1. The molecule has 0 aliphatic carbocycles. The van der Waals surface area contributed by atoms with Crippen LogP contribution >= 0.6 is 12.4 Å². The van der Waals surface area contributed by atoms with Gasteiger partial charge in [0.2, 0.25) is 5.91 Å². The zero-order valence-corrected chi connectivity index (χ0v) is 12.6. The number of rotatable bonds is 7. The fraction of sp³-hybridized carbons (Fsp3) is 0.833. The first-order chi connectivity index (χ1) is 9.29. The van der Waals surface area contributed by atoms with Crippen LogP contribution in [0.4, 0.5) is 0 Å². The minimum atomic E-state index is -0.127. The van der Waals surface area contributed by atoms with Crippen molar-refractivity contribution in [3.05, 3.63) is 5.82 Å². The average Bonchev–Trinajstić information content (AvgIpc) is 3.09. The van der Waals surface area contributed by atoms with E-state index in [1.165, 1.54) is 6.42 Å². The van der Waals surface area contributed by atoms with E-state index in [1.54, 1.807) is 0 Å². The molecule has 2 atom stereocenters. The Balaban J connectivity index is 0.00000200. The molecule has 2 unspecified atom stereocenters. The normalized spacial score (nSPS) is 19.4. The Morgan fingerprint density at radius 2 is 2.40 bits per heavy atom. The maximum atomic E-state index is 12.0. The fourth-order valence-corrected chi connectivity index (χ4v) is 2.43. The number of H-pyrrole nitrogens is 1. The molecule has 7 nitrogen and oxygen atoms in total. The van der Waals surface area contributed by atoms with Gasteiger partial charge in [-0.05, 0) is 38.3 Å². The summed E-state index contributed by atoms with van der Waals surface area (Å²) in [6.07, 6.45) is 4.49. The standard InChI is InChI=1S/C12H22N6O.ClH/c1-2-3-10(12-15-17-18-16-12)14-11(19)5-4-9-6-7-13-8-9;/h9-10,13H,2-8H2,1H3,(H,14,19)(H,15,16,17,18);1H. The summed E-state index contributed by atoms with van der Waals surface area (Å²) in [6.45, 7) is 4.19. The molecule has 1 aromatic rings. The maximum absolute atomic E-state index is 12.0. The van der Waals surface area contributed by atoms with Crippen molar-refractivity contribution in [2.45, 2.75) is 45.1 Å². The highest BCUT2D eigenvalue weighted by Crippen LogP contribution is 2.16. The van der Waals surface area contributed by atoms with E-state index >= 15 is 0 Å². The van der Waals surface area contributed by atoms with Gasteiger partial charge >= 0.3 is 0 Å². The van der Waals surface area contributed by atoms with Crippen molar-refractivity contribution in [1.82, 2.24) is 31.3 Å². The summed E-state index contributed by atoms with van der Waals surface area (Å²) in [6, 6.07) is -0.127. The summed E-state index contributed by atoms with van der Waals surface area (Å²) in [5.41, 5.74) is 0. The summed E-state index contributed by atoms with van der Waals surface area (Å²) >= 11 is 0. The van der Waals surface area contributed by atoms with Crippen molar-refractivity contribution in [1.29, 1.82) is 0 Å². The van der Waals surface area contributed by atoms with E-state index in [0.29, 0.717) is 18.2 Å². The van der Waals surface area contributed by atoms with E-state index in [0.717, 1.165) is 32.4 Å². The Bertz CT molecular complexity index is 379. The van der Waals surface area contributed by atoms with Gasteiger partial charge in [-0.2, -0.15) is 5.21 Å². The first kappa shape index (κ1) is 16.8. The van der Waals surface area contributed by atoms with E-state index < -0.39 is 0 Å². The molecule has 0 bridgehead atoms.